The molecule has 0 aliphatic rings. The van der Waals surface area contributed by atoms with E-state index in [4.69, 9.17) is 11.6 Å². The van der Waals surface area contributed by atoms with Crippen LogP contribution in [0.4, 0.5) is 16.4 Å². The van der Waals surface area contributed by atoms with Gasteiger partial charge in [0.05, 0.1) is 0 Å². The smallest absolute Gasteiger partial charge is 0.308 e. The molecule has 92 valence electrons. The molecule has 2 N–H and O–H groups in total. The molecular formula is C12H11ClN4O. The molecule has 2 amide bonds. The lowest BCUT2D eigenvalue weighted by Crippen LogP contribution is -2.20. The lowest BCUT2D eigenvalue weighted by Gasteiger charge is -2.07. The van der Waals surface area contributed by atoms with Gasteiger partial charge in [0.25, 0.3) is 0 Å². The van der Waals surface area contributed by atoms with E-state index in [9.17, 15) is 4.79 Å². The summed E-state index contributed by atoms with van der Waals surface area (Å²) in [4.78, 5) is 19.4. The fourth-order valence-corrected chi connectivity index (χ4v) is 1.48. The number of carbonyl (C=O) groups excluding carboxylic acids is 1. The van der Waals surface area contributed by atoms with E-state index < -0.39 is 6.03 Å². The van der Waals surface area contributed by atoms with Crippen LogP contribution in [0.15, 0.2) is 36.7 Å². The van der Waals surface area contributed by atoms with E-state index in [0.29, 0.717) is 10.7 Å². The molecule has 0 aliphatic carbocycles. The number of rotatable bonds is 2. The number of aryl methyl sites for hydroxylation is 1. The zero-order valence-electron chi connectivity index (χ0n) is 9.64. The maximum Gasteiger partial charge on any atom is 0.326 e. The van der Waals surface area contributed by atoms with Crippen molar-refractivity contribution < 1.29 is 4.79 Å². The highest BCUT2D eigenvalue weighted by atomic mass is 35.5. The first-order chi connectivity index (χ1) is 8.65. The maximum atomic E-state index is 11.6. The largest absolute Gasteiger partial charge is 0.326 e. The van der Waals surface area contributed by atoms with Crippen molar-refractivity contribution >= 4 is 29.3 Å². The summed E-state index contributed by atoms with van der Waals surface area (Å²) in [6.07, 6.45) is 3.09. The normalized spacial score (nSPS) is 9.89. The van der Waals surface area contributed by atoms with E-state index in [-0.39, 0.29) is 5.95 Å². The van der Waals surface area contributed by atoms with Crippen molar-refractivity contribution in [1.82, 2.24) is 9.97 Å². The molecule has 0 spiro atoms. The number of amides is 2. The van der Waals surface area contributed by atoms with Crippen molar-refractivity contribution in [2.75, 3.05) is 10.6 Å². The van der Waals surface area contributed by atoms with E-state index in [0.717, 1.165) is 5.56 Å². The number of aromatic nitrogens is 2. The third kappa shape index (κ3) is 3.18. The Hall–Kier alpha value is -2.14. The Kier molecular flexibility index (Phi) is 3.74. The third-order valence-corrected chi connectivity index (χ3v) is 2.63. The van der Waals surface area contributed by atoms with Crippen molar-refractivity contribution in [2.45, 2.75) is 6.92 Å². The summed E-state index contributed by atoms with van der Waals surface area (Å²) in [5, 5.41) is 5.75. The van der Waals surface area contributed by atoms with Crippen molar-refractivity contribution in [2.24, 2.45) is 0 Å². The molecular weight excluding hydrogens is 252 g/mol. The first-order valence-electron chi connectivity index (χ1n) is 5.26. The highest BCUT2D eigenvalue weighted by molar-refractivity contribution is 6.31. The summed E-state index contributed by atoms with van der Waals surface area (Å²) < 4.78 is 0. The number of benzene rings is 1. The zero-order valence-corrected chi connectivity index (χ0v) is 10.4. The predicted octanol–water partition coefficient (Wildman–Crippen LogP) is 3.08. The van der Waals surface area contributed by atoms with Gasteiger partial charge in [0, 0.05) is 23.1 Å². The fraction of sp³-hybridized carbons (Fsp3) is 0.0833. The average molecular weight is 263 g/mol. The van der Waals surface area contributed by atoms with E-state index in [1.54, 1.807) is 30.6 Å². The van der Waals surface area contributed by atoms with E-state index in [1.807, 2.05) is 13.0 Å². The minimum Gasteiger partial charge on any atom is -0.308 e. The van der Waals surface area contributed by atoms with E-state index in [1.165, 1.54) is 0 Å². The van der Waals surface area contributed by atoms with Crippen LogP contribution in [-0.4, -0.2) is 16.0 Å². The predicted molar refractivity (Wildman–Crippen MR) is 70.9 cm³/mol. The summed E-state index contributed by atoms with van der Waals surface area (Å²) in [5.41, 5.74) is 1.56. The van der Waals surface area contributed by atoms with Gasteiger partial charge in [0.2, 0.25) is 5.95 Å². The number of urea groups is 1. The molecule has 2 rings (SSSR count). The van der Waals surface area contributed by atoms with Gasteiger partial charge >= 0.3 is 6.03 Å². The SMILES string of the molecule is Cc1ccc(NC(=O)Nc2ncccn2)cc1Cl. The molecule has 1 aromatic heterocycles. The summed E-state index contributed by atoms with van der Waals surface area (Å²) in [5.74, 6) is 0.244. The topological polar surface area (TPSA) is 66.9 Å². The Labute approximate surface area is 109 Å². The van der Waals surface area contributed by atoms with Crippen LogP contribution in [0.1, 0.15) is 5.56 Å². The van der Waals surface area contributed by atoms with Crippen LogP contribution >= 0.6 is 11.6 Å². The maximum absolute atomic E-state index is 11.6. The molecule has 1 aromatic carbocycles. The molecule has 0 saturated heterocycles. The molecule has 0 saturated carbocycles. The first-order valence-corrected chi connectivity index (χ1v) is 5.64. The molecule has 0 unspecified atom stereocenters. The number of halogens is 1. The van der Waals surface area contributed by atoms with Gasteiger partial charge in [0.15, 0.2) is 0 Å². The van der Waals surface area contributed by atoms with Crippen LogP contribution in [0.25, 0.3) is 0 Å². The Bertz CT molecular complexity index is 559. The van der Waals surface area contributed by atoms with Crippen LogP contribution < -0.4 is 10.6 Å². The minimum absolute atomic E-state index is 0.244. The van der Waals surface area contributed by atoms with Crippen LogP contribution in [0, 0.1) is 6.92 Å². The van der Waals surface area contributed by atoms with Gasteiger partial charge in [-0.1, -0.05) is 17.7 Å². The van der Waals surface area contributed by atoms with Crippen LogP contribution in [-0.2, 0) is 0 Å². The first kappa shape index (κ1) is 12.3. The van der Waals surface area contributed by atoms with Crippen molar-refractivity contribution in [3.05, 3.63) is 47.2 Å². The highest BCUT2D eigenvalue weighted by Gasteiger charge is 2.05. The van der Waals surface area contributed by atoms with E-state index in [2.05, 4.69) is 20.6 Å². The summed E-state index contributed by atoms with van der Waals surface area (Å²) in [7, 11) is 0. The second-order valence-electron chi connectivity index (χ2n) is 3.62. The van der Waals surface area contributed by atoms with Crippen molar-refractivity contribution in [3.8, 4) is 0 Å². The molecule has 0 radical (unpaired) electrons. The van der Waals surface area contributed by atoms with Gasteiger partial charge < -0.3 is 5.32 Å². The Morgan fingerprint density at radius 2 is 1.94 bits per heavy atom. The number of anilines is 2. The second-order valence-corrected chi connectivity index (χ2v) is 4.02. The Morgan fingerprint density at radius 3 is 2.61 bits per heavy atom. The van der Waals surface area contributed by atoms with Crippen LogP contribution in [0.5, 0.6) is 0 Å². The molecule has 5 nitrogen and oxygen atoms in total. The lowest BCUT2D eigenvalue weighted by atomic mass is 10.2. The van der Waals surface area contributed by atoms with Crippen LogP contribution in [0.3, 0.4) is 0 Å². The average Bonchev–Trinajstić information content (AvgIpc) is 2.35. The standard InChI is InChI=1S/C12H11ClN4O/c1-8-3-4-9(7-10(8)13)16-12(18)17-11-14-5-2-6-15-11/h2-7H,1H3,(H2,14,15,16,17,18). The second kappa shape index (κ2) is 5.46. The molecule has 0 atom stereocenters. The zero-order chi connectivity index (χ0) is 13.0. The van der Waals surface area contributed by atoms with Gasteiger partial charge in [-0.3, -0.25) is 5.32 Å². The molecule has 18 heavy (non-hydrogen) atoms. The number of hydrogen-bond acceptors (Lipinski definition) is 3. The molecule has 0 bridgehead atoms. The molecule has 1 heterocycles. The minimum atomic E-state index is -0.416. The van der Waals surface area contributed by atoms with Crippen molar-refractivity contribution in [3.63, 3.8) is 0 Å². The Morgan fingerprint density at radius 1 is 1.22 bits per heavy atom. The third-order valence-electron chi connectivity index (χ3n) is 2.22. The van der Waals surface area contributed by atoms with Gasteiger partial charge in [-0.25, -0.2) is 14.8 Å². The fourth-order valence-electron chi connectivity index (χ4n) is 1.30. The number of carbonyl (C=O) groups is 1. The number of nitrogens with one attached hydrogen (secondary N) is 2. The monoisotopic (exact) mass is 262 g/mol. The van der Waals surface area contributed by atoms with Crippen LogP contribution in [0.2, 0.25) is 5.02 Å². The highest BCUT2D eigenvalue weighted by Crippen LogP contribution is 2.19. The van der Waals surface area contributed by atoms with Crippen molar-refractivity contribution in [1.29, 1.82) is 0 Å². The van der Waals surface area contributed by atoms with Gasteiger partial charge in [-0.2, -0.15) is 0 Å². The summed E-state index contributed by atoms with van der Waals surface area (Å²) in [6.45, 7) is 1.89. The van der Waals surface area contributed by atoms with E-state index >= 15 is 0 Å². The van der Waals surface area contributed by atoms with Gasteiger partial charge in [-0.15, -0.1) is 0 Å². The number of hydrogen-bond donors (Lipinski definition) is 2. The lowest BCUT2D eigenvalue weighted by molar-refractivity contribution is 0.262. The molecule has 6 heteroatoms. The van der Waals surface area contributed by atoms with Gasteiger partial charge in [-0.05, 0) is 30.7 Å². The molecule has 0 fully saturated rings. The molecule has 2 aromatic rings. The molecule has 0 aliphatic heterocycles. The summed E-state index contributed by atoms with van der Waals surface area (Å²) >= 11 is 5.96. The Balaban J connectivity index is 2.01. The quantitative estimate of drug-likeness (QED) is 0.874. The van der Waals surface area contributed by atoms with Gasteiger partial charge in [0.1, 0.15) is 0 Å². The summed E-state index contributed by atoms with van der Waals surface area (Å²) in [6, 6.07) is 6.54. The number of nitrogens with zero attached hydrogens (tertiary/aromatic N) is 2.